The number of anilines is 2. The van der Waals surface area contributed by atoms with Crippen LogP contribution in [0, 0.1) is 11.3 Å². The van der Waals surface area contributed by atoms with E-state index >= 15 is 0 Å². The van der Waals surface area contributed by atoms with Crippen molar-refractivity contribution in [3.8, 4) is 6.07 Å². The first kappa shape index (κ1) is 19.0. The molecule has 0 radical (unpaired) electrons. The fraction of sp³-hybridized carbons (Fsp3) is 0.318. The lowest BCUT2D eigenvalue weighted by Crippen LogP contribution is -2.47. The van der Waals surface area contributed by atoms with Crippen molar-refractivity contribution >= 4 is 22.3 Å². The van der Waals surface area contributed by atoms with E-state index in [1.54, 1.807) is 10.9 Å². The van der Waals surface area contributed by atoms with Crippen LogP contribution in [0.25, 0.3) is 10.9 Å². The first-order chi connectivity index (χ1) is 14.2. The van der Waals surface area contributed by atoms with E-state index in [-0.39, 0.29) is 5.56 Å². The Morgan fingerprint density at radius 1 is 1.07 bits per heavy atom. The van der Waals surface area contributed by atoms with E-state index < -0.39 is 0 Å². The van der Waals surface area contributed by atoms with Crippen LogP contribution < -0.4 is 15.8 Å². The zero-order valence-electron chi connectivity index (χ0n) is 16.5. The minimum absolute atomic E-state index is 0.00355. The summed E-state index contributed by atoms with van der Waals surface area (Å²) in [5, 5.41) is 12.7. The van der Waals surface area contributed by atoms with Crippen molar-refractivity contribution in [1.29, 1.82) is 5.26 Å². The van der Waals surface area contributed by atoms with Gasteiger partial charge in [0, 0.05) is 57.7 Å². The van der Waals surface area contributed by atoms with Crippen LogP contribution in [0.4, 0.5) is 11.4 Å². The maximum atomic E-state index is 12.9. The minimum atomic E-state index is -0.00355. The number of nitrogens with one attached hydrogen (secondary N) is 1. The molecule has 29 heavy (non-hydrogen) atoms. The number of hydrogen-bond donors (Lipinski definition) is 1. The number of fused-ring (bicyclic) bond motifs is 1. The molecule has 0 amide bonds. The highest BCUT2D eigenvalue weighted by Gasteiger charge is 2.17. The van der Waals surface area contributed by atoms with Crippen LogP contribution in [0.5, 0.6) is 0 Å². The van der Waals surface area contributed by atoms with Crippen molar-refractivity contribution in [2.24, 2.45) is 0 Å². The molecule has 0 aliphatic carbocycles. The molecule has 1 aromatic heterocycles. The highest BCUT2D eigenvalue weighted by Crippen LogP contribution is 2.18. The largest absolute Gasteiger partial charge is 0.387 e. The molecular weight excluding hydrogens is 364 g/mol. The first-order valence-electron chi connectivity index (χ1n) is 9.83. The van der Waals surface area contributed by atoms with Gasteiger partial charge in [-0.2, -0.15) is 5.26 Å². The Labute approximate surface area is 169 Å². The van der Waals surface area contributed by atoms with Gasteiger partial charge in [-0.3, -0.25) is 14.3 Å². The Morgan fingerprint density at radius 2 is 1.83 bits per heavy atom. The number of benzene rings is 2. The van der Waals surface area contributed by atoms with Crippen LogP contribution in [-0.4, -0.2) is 54.2 Å². The molecule has 1 aliphatic heterocycles. The molecule has 0 atom stereocenters. The topological polar surface area (TPSA) is 77.2 Å². The van der Waals surface area contributed by atoms with Crippen LogP contribution in [0.3, 0.4) is 0 Å². The van der Waals surface area contributed by atoms with Gasteiger partial charge < -0.3 is 10.2 Å². The molecule has 4 rings (SSSR count). The SMILES string of the molecule is CNc1cccc2ncn(CCN3CCN(c4ccc(C#N)cc4)CC3)c(=O)c12. The average molecular weight is 388 g/mol. The van der Waals surface area contributed by atoms with Gasteiger partial charge in [-0.15, -0.1) is 0 Å². The fourth-order valence-corrected chi connectivity index (χ4v) is 3.79. The summed E-state index contributed by atoms with van der Waals surface area (Å²) in [5.41, 5.74) is 3.36. The van der Waals surface area contributed by atoms with Gasteiger partial charge in [-0.25, -0.2) is 4.98 Å². The lowest BCUT2D eigenvalue weighted by molar-refractivity contribution is 0.247. The standard InChI is InChI=1S/C22H24N6O/c1-24-19-3-2-4-20-21(19)22(29)28(16-25-20)14-11-26-9-12-27(13-10-26)18-7-5-17(15-23)6-8-18/h2-8,16,24H,9-14H2,1H3. The molecule has 1 saturated heterocycles. The van der Waals surface area contributed by atoms with E-state index in [1.807, 2.05) is 49.5 Å². The summed E-state index contributed by atoms with van der Waals surface area (Å²) in [5.74, 6) is 0. The number of nitrogens with zero attached hydrogens (tertiary/aromatic N) is 5. The normalized spacial score (nSPS) is 14.7. The third kappa shape index (κ3) is 3.93. The Hall–Kier alpha value is -3.37. The molecule has 3 aromatic rings. The van der Waals surface area contributed by atoms with E-state index in [0.717, 1.165) is 44.1 Å². The summed E-state index contributed by atoms with van der Waals surface area (Å²) >= 11 is 0. The van der Waals surface area contributed by atoms with E-state index in [4.69, 9.17) is 5.26 Å². The van der Waals surface area contributed by atoms with Crippen LogP contribution in [0.15, 0.2) is 53.6 Å². The molecular formula is C22H24N6O. The van der Waals surface area contributed by atoms with Crippen LogP contribution in [-0.2, 0) is 6.54 Å². The summed E-state index contributed by atoms with van der Waals surface area (Å²) in [6, 6.07) is 15.6. The zero-order chi connectivity index (χ0) is 20.2. The number of rotatable bonds is 5. The van der Waals surface area contributed by atoms with Gasteiger partial charge in [-0.1, -0.05) is 6.07 Å². The van der Waals surface area contributed by atoms with Crippen molar-refractivity contribution < 1.29 is 0 Å². The van der Waals surface area contributed by atoms with E-state index in [2.05, 4.69) is 26.2 Å². The Balaban J connectivity index is 1.39. The molecule has 148 valence electrons. The zero-order valence-corrected chi connectivity index (χ0v) is 16.5. The smallest absolute Gasteiger partial charge is 0.263 e. The minimum Gasteiger partial charge on any atom is -0.387 e. The van der Waals surface area contributed by atoms with Gasteiger partial charge in [-0.05, 0) is 36.4 Å². The molecule has 0 bridgehead atoms. The van der Waals surface area contributed by atoms with Crippen LogP contribution in [0.2, 0.25) is 0 Å². The number of nitriles is 1. The molecule has 1 aliphatic rings. The highest BCUT2D eigenvalue weighted by atomic mass is 16.1. The Kier molecular flexibility index (Phi) is 5.45. The molecule has 7 nitrogen and oxygen atoms in total. The maximum Gasteiger partial charge on any atom is 0.263 e. The molecule has 1 fully saturated rings. The van der Waals surface area contributed by atoms with Gasteiger partial charge in [0.15, 0.2) is 0 Å². The Morgan fingerprint density at radius 3 is 2.52 bits per heavy atom. The van der Waals surface area contributed by atoms with E-state index in [9.17, 15) is 4.79 Å². The number of piperazine rings is 1. The van der Waals surface area contributed by atoms with Crippen LogP contribution in [0.1, 0.15) is 5.56 Å². The van der Waals surface area contributed by atoms with Crippen molar-refractivity contribution in [2.45, 2.75) is 6.54 Å². The molecule has 2 aromatic carbocycles. The van der Waals surface area contributed by atoms with Gasteiger partial charge in [0.25, 0.3) is 5.56 Å². The summed E-state index contributed by atoms with van der Waals surface area (Å²) < 4.78 is 1.70. The second kappa shape index (κ2) is 8.33. The third-order valence-electron chi connectivity index (χ3n) is 5.51. The van der Waals surface area contributed by atoms with Crippen molar-refractivity contribution in [3.05, 3.63) is 64.7 Å². The lowest BCUT2D eigenvalue weighted by atomic mass is 10.2. The van der Waals surface area contributed by atoms with Gasteiger partial charge >= 0.3 is 0 Å². The van der Waals surface area contributed by atoms with Gasteiger partial charge in [0.2, 0.25) is 0 Å². The molecule has 7 heteroatoms. The number of aromatic nitrogens is 2. The highest BCUT2D eigenvalue weighted by molar-refractivity contribution is 5.90. The second-order valence-electron chi connectivity index (χ2n) is 7.18. The molecule has 2 heterocycles. The fourth-order valence-electron chi connectivity index (χ4n) is 3.79. The Bertz CT molecular complexity index is 1090. The number of hydrogen-bond acceptors (Lipinski definition) is 6. The maximum absolute atomic E-state index is 12.9. The van der Waals surface area contributed by atoms with E-state index in [1.165, 1.54) is 0 Å². The third-order valence-corrected chi connectivity index (χ3v) is 5.51. The predicted octanol–water partition coefficient (Wildman–Crippen LogP) is 2.13. The summed E-state index contributed by atoms with van der Waals surface area (Å²) in [6.07, 6.45) is 1.65. The van der Waals surface area contributed by atoms with Crippen LogP contribution >= 0.6 is 0 Å². The summed E-state index contributed by atoms with van der Waals surface area (Å²) in [4.78, 5) is 22.1. The summed E-state index contributed by atoms with van der Waals surface area (Å²) in [6.45, 7) is 5.18. The molecule has 1 N–H and O–H groups in total. The average Bonchev–Trinajstić information content (AvgIpc) is 2.78. The first-order valence-corrected chi connectivity index (χ1v) is 9.83. The van der Waals surface area contributed by atoms with E-state index in [0.29, 0.717) is 23.0 Å². The lowest BCUT2D eigenvalue weighted by Gasteiger charge is -2.36. The molecule has 0 spiro atoms. The van der Waals surface area contributed by atoms with Gasteiger partial charge in [0.1, 0.15) is 0 Å². The van der Waals surface area contributed by atoms with Crippen molar-refractivity contribution in [1.82, 2.24) is 14.5 Å². The molecule has 0 saturated carbocycles. The van der Waals surface area contributed by atoms with Crippen molar-refractivity contribution in [2.75, 3.05) is 50.0 Å². The summed E-state index contributed by atoms with van der Waals surface area (Å²) in [7, 11) is 1.82. The van der Waals surface area contributed by atoms with Gasteiger partial charge in [0.05, 0.1) is 28.9 Å². The van der Waals surface area contributed by atoms with Crippen molar-refractivity contribution in [3.63, 3.8) is 0 Å². The monoisotopic (exact) mass is 388 g/mol. The quantitative estimate of drug-likeness (QED) is 0.722. The molecule has 0 unspecified atom stereocenters. The predicted molar refractivity (Wildman–Crippen MR) is 115 cm³/mol. The second-order valence-corrected chi connectivity index (χ2v) is 7.18.